The fourth-order valence-electron chi connectivity index (χ4n) is 1.79. The Morgan fingerprint density at radius 2 is 1.64 bits per heavy atom. The van der Waals surface area contributed by atoms with Crippen molar-refractivity contribution in [3.8, 4) is 0 Å². The highest BCUT2D eigenvalue weighted by Crippen LogP contribution is 2.36. The molecule has 0 aromatic rings. The van der Waals surface area contributed by atoms with Crippen molar-refractivity contribution < 1.29 is 9.90 Å². The van der Waals surface area contributed by atoms with Crippen molar-refractivity contribution in [3.05, 3.63) is 6.42 Å². The normalized spacial score (nSPS) is 18.3. The zero-order chi connectivity index (χ0) is 11.2. The topological polar surface area (TPSA) is 37.3 Å². The molecule has 2 nitrogen and oxygen atoms in total. The predicted molar refractivity (Wildman–Crippen MR) is 59.0 cm³/mol. The summed E-state index contributed by atoms with van der Waals surface area (Å²) in [5.41, 5.74) is 0.550. The van der Waals surface area contributed by atoms with Gasteiger partial charge in [-0.3, -0.25) is 4.79 Å². The van der Waals surface area contributed by atoms with Gasteiger partial charge in [-0.1, -0.05) is 20.8 Å². The molecule has 0 heterocycles. The highest BCUT2D eigenvalue weighted by Gasteiger charge is 2.25. The first-order chi connectivity index (χ1) is 6.34. The lowest BCUT2D eigenvalue weighted by Gasteiger charge is -2.33. The third kappa shape index (κ3) is 6.93. The lowest BCUT2D eigenvalue weighted by Crippen LogP contribution is -2.22. The van der Waals surface area contributed by atoms with Crippen LogP contribution in [-0.2, 0) is 4.79 Å². The van der Waals surface area contributed by atoms with E-state index in [0.717, 1.165) is 12.8 Å². The van der Waals surface area contributed by atoms with E-state index in [9.17, 15) is 0 Å². The molecule has 0 aliphatic heterocycles. The van der Waals surface area contributed by atoms with Crippen LogP contribution in [0.4, 0.5) is 0 Å². The molecule has 0 atom stereocenters. The summed E-state index contributed by atoms with van der Waals surface area (Å²) in [5, 5.41) is 7.42. The fraction of sp³-hybridized carbons (Fsp3) is 0.833. The van der Waals surface area contributed by atoms with Gasteiger partial charge in [0.05, 0.1) is 0 Å². The average Bonchev–Trinajstić information content (AvgIpc) is 2.03. The van der Waals surface area contributed by atoms with Gasteiger partial charge in [0.25, 0.3) is 5.97 Å². The summed E-state index contributed by atoms with van der Waals surface area (Å²) in [7, 11) is 0. The zero-order valence-corrected chi connectivity index (χ0v) is 9.84. The summed E-state index contributed by atoms with van der Waals surface area (Å²) in [6.45, 7) is 8.18. The van der Waals surface area contributed by atoms with Gasteiger partial charge in [0.2, 0.25) is 0 Å². The molecule has 0 aromatic carbocycles. The van der Waals surface area contributed by atoms with E-state index in [1.54, 1.807) is 0 Å². The second-order valence-corrected chi connectivity index (χ2v) is 5.03. The summed E-state index contributed by atoms with van der Waals surface area (Å²) in [4.78, 5) is 9.00. The molecular formula is C12H23O2. The van der Waals surface area contributed by atoms with E-state index in [0.29, 0.717) is 5.41 Å². The quantitative estimate of drug-likeness (QED) is 0.648. The molecule has 1 saturated carbocycles. The summed E-state index contributed by atoms with van der Waals surface area (Å²) < 4.78 is 0. The molecule has 0 amide bonds. The van der Waals surface area contributed by atoms with Gasteiger partial charge in [-0.2, -0.15) is 0 Å². The molecule has 1 radical (unpaired) electrons. The molecule has 14 heavy (non-hydrogen) atoms. The van der Waals surface area contributed by atoms with Gasteiger partial charge in [0.15, 0.2) is 0 Å². The Morgan fingerprint density at radius 1 is 1.29 bits per heavy atom. The monoisotopic (exact) mass is 199 g/mol. The minimum atomic E-state index is -0.833. The molecular weight excluding hydrogens is 176 g/mol. The van der Waals surface area contributed by atoms with Crippen molar-refractivity contribution in [1.82, 2.24) is 0 Å². The van der Waals surface area contributed by atoms with Crippen LogP contribution in [0.15, 0.2) is 0 Å². The van der Waals surface area contributed by atoms with Gasteiger partial charge in [-0.05, 0) is 43.4 Å². The highest BCUT2D eigenvalue weighted by atomic mass is 16.4. The van der Waals surface area contributed by atoms with Crippen LogP contribution in [0.1, 0.15) is 53.4 Å². The van der Waals surface area contributed by atoms with E-state index < -0.39 is 5.97 Å². The summed E-state index contributed by atoms with van der Waals surface area (Å²) >= 11 is 0. The Balaban J connectivity index is 0.000000364. The second kappa shape index (κ2) is 6.05. The number of carbonyl (C=O) groups is 1. The maximum atomic E-state index is 9.00. The molecule has 0 unspecified atom stereocenters. The molecule has 0 saturated heterocycles. The molecule has 2 heteroatoms. The van der Waals surface area contributed by atoms with E-state index in [4.69, 9.17) is 9.90 Å². The highest BCUT2D eigenvalue weighted by molar-refractivity contribution is 5.62. The number of hydrogen-bond donors (Lipinski definition) is 1. The molecule has 1 aliphatic rings. The Labute approximate surface area is 87.7 Å². The van der Waals surface area contributed by atoms with Crippen LogP contribution < -0.4 is 0 Å². The van der Waals surface area contributed by atoms with Gasteiger partial charge in [-0.15, -0.1) is 0 Å². The Bertz CT molecular complexity index is 158. The van der Waals surface area contributed by atoms with Crippen LogP contribution in [0.2, 0.25) is 0 Å². The third-order valence-electron chi connectivity index (χ3n) is 2.66. The Hall–Kier alpha value is -0.530. The molecule has 0 bridgehead atoms. The van der Waals surface area contributed by atoms with Gasteiger partial charge in [-0.25, -0.2) is 0 Å². The van der Waals surface area contributed by atoms with Crippen LogP contribution in [0.5, 0.6) is 0 Å². The van der Waals surface area contributed by atoms with Crippen molar-refractivity contribution >= 4 is 5.97 Å². The summed E-state index contributed by atoms with van der Waals surface area (Å²) in [6.07, 6.45) is 7.97. The van der Waals surface area contributed by atoms with Crippen molar-refractivity contribution in [1.29, 1.82) is 0 Å². The lowest BCUT2D eigenvalue weighted by molar-refractivity contribution is -0.134. The number of aliphatic carboxylic acids is 1. The molecule has 1 fully saturated rings. The van der Waals surface area contributed by atoms with Crippen molar-refractivity contribution in [2.45, 2.75) is 53.4 Å². The number of carboxylic acids is 1. The summed E-state index contributed by atoms with van der Waals surface area (Å²) in [5.74, 6) is 0.137. The van der Waals surface area contributed by atoms with Gasteiger partial charge in [0.1, 0.15) is 0 Å². The number of rotatable bonds is 0. The molecule has 1 N–H and O–H groups in total. The molecule has 1 aliphatic carbocycles. The largest absolute Gasteiger partial charge is 0.481 e. The number of hydrogen-bond acceptors (Lipinski definition) is 1. The summed E-state index contributed by atoms with van der Waals surface area (Å²) in [6, 6.07) is 0. The van der Waals surface area contributed by atoms with E-state index in [1.807, 2.05) is 0 Å². The average molecular weight is 199 g/mol. The SMILES string of the molecule is CC(=O)O.CC(C)(C)C1CC[CH]CC1. The van der Waals surface area contributed by atoms with Gasteiger partial charge >= 0.3 is 0 Å². The molecule has 0 aromatic heterocycles. The van der Waals surface area contributed by atoms with Crippen LogP contribution >= 0.6 is 0 Å². The van der Waals surface area contributed by atoms with Crippen molar-refractivity contribution in [2.24, 2.45) is 11.3 Å². The zero-order valence-electron chi connectivity index (χ0n) is 9.84. The smallest absolute Gasteiger partial charge is 0.300 e. The number of carboxylic acid groups (broad SMARTS) is 1. The van der Waals surface area contributed by atoms with Crippen LogP contribution in [0, 0.1) is 17.8 Å². The second-order valence-electron chi connectivity index (χ2n) is 5.03. The van der Waals surface area contributed by atoms with Crippen LogP contribution in [0.25, 0.3) is 0 Å². The minimum absolute atomic E-state index is 0.550. The maximum absolute atomic E-state index is 9.00. The predicted octanol–water partition coefficient (Wildman–Crippen LogP) is 3.52. The Kier molecular flexibility index (Phi) is 5.82. The first-order valence-corrected chi connectivity index (χ1v) is 5.35. The standard InChI is InChI=1S/C10H19.C2H4O2/c1-10(2,3)9-7-5-4-6-8-9;1-2(3)4/h4,9H,5-8H2,1-3H3;1H3,(H,3,4). The van der Waals surface area contributed by atoms with Gasteiger partial charge in [0, 0.05) is 6.92 Å². The van der Waals surface area contributed by atoms with E-state index in [1.165, 1.54) is 25.7 Å². The molecule has 0 spiro atoms. The first-order valence-electron chi connectivity index (χ1n) is 5.35. The third-order valence-corrected chi connectivity index (χ3v) is 2.66. The van der Waals surface area contributed by atoms with Crippen molar-refractivity contribution in [2.75, 3.05) is 0 Å². The van der Waals surface area contributed by atoms with Crippen LogP contribution in [-0.4, -0.2) is 11.1 Å². The van der Waals surface area contributed by atoms with E-state index in [-0.39, 0.29) is 0 Å². The lowest BCUT2D eigenvalue weighted by atomic mass is 9.72. The first kappa shape index (κ1) is 13.5. The molecule has 1 rings (SSSR count). The van der Waals surface area contributed by atoms with Crippen molar-refractivity contribution in [3.63, 3.8) is 0 Å². The van der Waals surface area contributed by atoms with Gasteiger partial charge < -0.3 is 5.11 Å². The fourth-order valence-corrected chi connectivity index (χ4v) is 1.79. The van der Waals surface area contributed by atoms with E-state index >= 15 is 0 Å². The maximum Gasteiger partial charge on any atom is 0.300 e. The van der Waals surface area contributed by atoms with Crippen LogP contribution in [0.3, 0.4) is 0 Å². The van der Waals surface area contributed by atoms with E-state index in [2.05, 4.69) is 27.2 Å². The minimum Gasteiger partial charge on any atom is -0.481 e. The molecule has 83 valence electrons. The Morgan fingerprint density at radius 3 is 1.86 bits per heavy atom.